The second-order valence-electron chi connectivity index (χ2n) is 5.62. The molecular formula is C19H20N2O2S3. The van der Waals surface area contributed by atoms with Crippen molar-refractivity contribution >= 4 is 40.3 Å². The van der Waals surface area contributed by atoms with Crippen LogP contribution in [0.5, 0.6) is 5.75 Å². The molecule has 4 nitrogen and oxygen atoms in total. The first-order chi connectivity index (χ1) is 12.7. The van der Waals surface area contributed by atoms with Crippen molar-refractivity contribution in [2.45, 2.75) is 24.5 Å². The fourth-order valence-corrected chi connectivity index (χ4v) is 4.64. The Morgan fingerprint density at radius 1 is 1.27 bits per heavy atom. The molecule has 1 unspecified atom stereocenters. The predicted octanol–water partition coefficient (Wildman–Crippen LogP) is 4.82. The Morgan fingerprint density at radius 3 is 2.77 bits per heavy atom. The molecule has 0 saturated carbocycles. The zero-order valence-corrected chi connectivity index (χ0v) is 17.0. The third-order valence-electron chi connectivity index (χ3n) is 3.76. The number of methoxy groups -OCH3 is 1. The van der Waals surface area contributed by atoms with Gasteiger partial charge in [0.25, 0.3) is 0 Å². The number of ether oxygens (including phenoxy) is 1. The number of amides is 1. The Labute approximate surface area is 165 Å². The molecule has 0 aliphatic carbocycles. The van der Waals surface area contributed by atoms with E-state index in [9.17, 15) is 4.79 Å². The normalized spacial score (nSPS) is 11.9. The fraction of sp³-hybridized carbons (Fsp3) is 0.263. The lowest BCUT2D eigenvalue weighted by Gasteiger charge is -2.10. The molecule has 7 heteroatoms. The van der Waals surface area contributed by atoms with Gasteiger partial charge in [-0.3, -0.25) is 4.79 Å². The van der Waals surface area contributed by atoms with Crippen LogP contribution in [0.25, 0.3) is 10.6 Å². The number of nitrogens with zero attached hydrogens (tertiary/aromatic N) is 1. The summed E-state index contributed by atoms with van der Waals surface area (Å²) in [5.74, 6) is 1.62. The first-order valence-electron chi connectivity index (χ1n) is 8.16. The van der Waals surface area contributed by atoms with E-state index in [0.717, 1.165) is 27.8 Å². The van der Waals surface area contributed by atoms with Crippen molar-refractivity contribution in [2.75, 3.05) is 7.11 Å². The van der Waals surface area contributed by atoms with Gasteiger partial charge >= 0.3 is 0 Å². The van der Waals surface area contributed by atoms with E-state index >= 15 is 0 Å². The number of benzene rings is 1. The highest BCUT2D eigenvalue weighted by Crippen LogP contribution is 2.28. The van der Waals surface area contributed by atoms with E-state index in [4.69, 9.17) is 4.74 Å². The van der Waals surface area contributed by atoms with Gasteiger partial charge in [0.1, 0.15) is 10.8 Å². The summed E-state index contributed by atoms with van der Waals surface area (Å²) < 4.78 is 5.18. The first kappa shape index (κ1) is 18.9. The van der Waals surface area contributed by atoms with E-state index in [1.54, 1.807) is 41.5 Å². The molecule has 26 heavy (non-hydrogen) atoms. The van der Waals surface area contributed by atoms with Crippen LogP contribution in [0.1, 0.15) is 17.5 Å². The van der Waals surface area contributed by atoms with E-state index in [-0.39, 0.29) is 11.2 Å². The van der Waals surface area contributed by atoms with Crippen LogP contribution in [0.15, 0.2) is 47.2 Å². The summed E-state index contributed by atoms with van der Waals surface area (Å²) in [6, 6.07) is 11.9. The number of thiazole rings is 1. The van der Waals surface area contributed by atoms with Crippen molar-refractivity contribution in [3.63, 3.8) is 0 Å². The lowest BCUT2D eigenvalue weighted by atomic mass is 10.2. The van der Waals surface area contributed by atoms with Crippen LogP contribution < -0.4 is 10.1 Å². The van der Waals surface area contributed by atoms with Crippen LogP contribution in [-0.4, -0.2) is 23.3 Å². The summed E-state index contributed by atoms with van der Waals surface area (Å²) in [7, 11) is 1.66. The van der Waals surface area contributed by atoms with E-state index in [1.165, 1.54) is 4.88 Å². The van der Waals surface area contributed by atoms with Crippen molar-refractivity contribution in [1.82, 2.24) is 10.3 Å². The Hall–Kier alpha value is -1.83. The van der Waals surface area contributed by atoms with E-state index in [1.807, 2.05) is 48.7 Å². The third kappa shape index (κ3) is 5.09. The molecule has 0 aliphatic rings. The van der Waals surface area contributed by atoms with Gasteiger partial charge in [0.15, 0.2) is 0 Å². The molecule has 0 aliphatic heterocycles. The number of thioether (sulfide) groups is 1. The summed E-state index contributed by atoms with van der Waals surface area (Å²) >= 11 is 4.88. The lowest BCUT2D eigenvalue weighted by Crippen LogP contribution is -2.30. The first-order valence-corrected chi connectivity index (χ1v) is 11.0. The van der Waals surface area contributed by atoms with Crippen molar-refractivity contribution < 1.29 is 9.53 Å². The molecule has 1 N–H and O–H groups in total. The van der Waals surface area contributed by atoms with Gasteiger partial charge in [-0.05, 0) is 42.6 Å². The molecule has 0 spiro atoms. The molecule has 0 fully saturated rings. The summed E-state index contributed by atoms with van der Waals surface area (Å²) in [6.45, 7) is 2.53. The number of hydrogen-bond donors (Lipinski definition) is 1. The monoisotopic (exact) mass is 404 g/mol. The van der Waals surface area contributed by atoms with Crippen molar-refractivity contribution in [2.24, 2.45) is 0 Å². The van der Waals surface area contributed by atoms with Crippen LogP contribution in [0, 0.1) is 0 Å². The van der Waals surface area contributed by atoms with Gasteiger partial charge in [-0.1, -0.05) is 6.07 Å². The summed E-state index contributed by atoms with van der Waals surface area (Å²) in [4.78, 5) is 18.0. The number of carbonyl (C=O) groups excluding carboxylic acids is 1. The highest BCUT2D eigenvalue weighted by Gasteiger charge is 2.14. The maximum Gasteiger partial charge on any atom is 0.233 e. The SMILES string of the molecule is COc1ccc(-c2nc(CSC(C)C(=O)NCc3cccs3)cs2)cc1. The second-order valence-corrected chi connectivity index (χ2v) is 8.84. The Balaban J connectivity index is 1.49. The van der Waals surface area contributed by atoms with Crippen LogP contribution in [0.2, 0.25) is 0 Å². The van der Waals surface area contributed by atoms with Crippen LogP contribution in [0.3, 0.4) is 0 Å². The van der Waals surface area contributed by atoms with Gasteiger partial charge in [0.2, 0.25) is 5.91 Å². The molecule has 0 radical (unpaired) electrons. The van der Waals surface area contributed by atoms with Crippen molar-refractivity contribution in [3.05, 3.63) is 57.7 Å². The minimum atomic E-state index is -0.110. The van der Waals surface area contributed by atoms with Gasteiger partial charge in [0.05, 0.1) is 24.6 Å². The second kappa shape index (κ2) is 9.21. The van der Waals surface area contributed by atoms with Crippen LogP contribution in [0.4, 0.5) is 0 Å². The molecule has 1 aromatic carbocycles. The standard InChI is InChI=1S/C19H20N2O2S3/c1-13(18(22)20-10-17-4-3-9-24-17)25-11-15-12-26-19(21-15)14-5-7-16(23-2)8-6-14/h3-9,12-13H,10-11H2,1-2H3,(H,20,22). The third-order valence-corrected chi connectivity index (χ3v) is 6.75. The minimum Gasteiger partial charge on any atom is -0.497 e. The van der Waals surface area contributed by atoms with Gasteiger partial charge < -0.3 is 10.1 Å². The van der Waals surface area contributed by atoms with Gasteiger partial charge in [-0.25, -0.2) is 4.98 Å². The number of carbonyl (C=O) groups is 1. The fourth-order valence-electron chi connectivity index (χ4n) is 2.26. The smallest absolute Gasteiger partial charge is 0.233 e. The maximum atomic E-state index is 12.2. The molecule has 0 saturated heterocycles. The molecule has 1 atom stereocenters. The molecule has 136 valence electrons. The topological polar surface area (TPSA) is 51.2 Å². The quantitative estimate of drug-likeness (QED) is 0.585. The molecule has 1 amide bonds. The molecule has 3 rings (SSSR count). The Kier molecular flexibility index (Phi) is 6.71. The Bertz CT molecular complexity index is 829. The summed E-state index contributed by atoms with van der Waals surface area (Å²) in [5, 5.41) is 7.93. The van der Waals surface area contributed by atoms with E-state index in [0.29, 0.717) is 6.54 Å². The zero-order chi connectivity index (χ0) is 18.4. The molecular weight excluding hydrogens is 384 g/mol. The minimum absolute atomic E-state index is 0.0639. The maximum absolute atomic E-state index is 12.2. The van der Waals surface area contributed by atoms with E-state index in [2.05, 4.69) is 15.7 Å². The summed E-state index contributed by atoms with van der Waals surface area (Å²) in [5.41, 5.74) is 2.08. The van der Waals surface area contributed by atoms with Crippen LogP contribution >= 0.6 is 34.4 Å². The van der Waals surface area contributed by atoms with Crippen molar-refractivity contribution in [1.29, 1.82) is 0 Å². The van der Waals surface area contributed by atoms with Gasteiger partial charge in [0, 0.05) is 21.6 Å². The highest BCUT2D eigenvalue weighted by atomic mass is 32.2. The average molecular weight is 405 g/mol. The molecule has 2 heterocycles. The van der Waals surface area contributed by atoms with Crippen molar-refractivity contribution in [3.8, 4) is 16.3 Å². The average Bonchev–Trinajstić information content (AvgIpc) is 3.36. The number of aromatic nitrogens is 1. The van der Waals surface area contributed by atoms with E-state index < -0.39 is 0 Å². The lowest BCUT2D eigenvalue weighted by molar-refractivity contribution is -0.120. The molecule has 0 bridgehead atoms. The summed E-state index contributed by atoms with van der Waals surface area (Å²) in [6.07, 6.45) is 0. The number of rotatable bonds is 8. The number of hydrogen-bond acceptors (Lipinski definition) is 6. The Morgan fingerprint density at radius 2 is 2.08 bits per heavy atom. The largest absolute Gasteiger partial charge is 0.497 e. The zero-order valence-electron chi connectivity index (χ0n) is 14.6. The number of nitrogens with one attached hydrogen (secondary N) is 1. The van der Waals surface area contributed by atoms with Crippen LogP contribution in [-0.2, 0) is 17.1 Å². The van der Waals surface area contributed by atoms with Gasteiger partial charge in [-0.15, -0.1) is 34.4 Å². The predicted molar refractivity (Wildman–Crippen MR) is 111 cm³/mol. The molecule has 2 aromatic heterocycles. The number of thiophene rings is 1. The van der Waals surface area contributed by atoms with Gasteiger partial charge in [-0.2, -0.15) is 0 Å². The highest BCUT2D eigenvalue weighted by molar-refractivity contribution is 7.99. The molecule has 3 aromatic rings.